The zero-order valence-electron chi connectivity index (χ0n) is 7.95. The van der Waals surface area contributed by atoms with Crippen molar-refractivity contribution in [2.45, 2.75) is 25.0 Å². The molecule has 0 bridgehead atoms. The van der Waals surface area contributed by atoms with Crippen LogP contribution in [0.25, 0.3) is 0 Å². The number of rotatable bonds is 3. The molecule has 0 aromatic rings. The maximum atomic E-state index is 11.4. The predicted octanol–water partition coefficient (Wildman–Crippen LogP) is 1.34. The summed E-state index contributed by atoms with van der Waals surface area (Å²) >= 11 is 4.89. The van der Waals surface area contributed by atoms with Gasteiger partial charge in [0.05, 0.1) is 20.2 Å². The summed E-state index contributed by atoms with van der Waals surface area (Å²) in [5.74, 6) is -0.431. The predicted molar refractivity (Wildman–Crippen MR) is 59.5 cm³/mol. The van der Waals surface area contributed by atoms with Crippen LogP contribution < -0.4 is 0 Å². The number of esters is 1. The van der Waals surface area contributed by atoms with Gasteiger partial charge in [-0.1, -0.05) is 18.8 Å². The van der Waals surface area contributed by atoms with Crippen LogP contribution in [0.2, 0.25) is 0 Å². The van der Waals surface area contributed by atoms with Crippen LogP contribution in [0.15, 0.2) is 12.2 Å². The molecule has 1 aliphatic rings. The van der Waals surface area contributed by atoms with Gasteiger partial charge < -0.3 is 4.74 Å². The normalized spacial score (nSPS) is 26.2. The van der Waals surface area contributed by atoms with Crippen molar-refractivity contribution in [3.05, 3.63) is 12.2 Å². The molecule has 14 heavy (non-hydrogen) atoms. The van der Waals surface area contributed by atoms with Crippen molar-refractivity contribution in [3.63, 3.8) is 0 Å². The standard InChI is InChI=1S/C9H12O3S2/c1-6(2)9(10)12-5-7-3-4-8(13)14(7)11/h7H,1,3-5H2,2H3. The Hall–Kier alpha value is -0.550. The topological polar surface area (TPSA) is 43.4 Å². The van der Waals surface area contributed by atoms with Crippen LogP contribution in [0, 0.1) is 0 Å². The Balaban J connectivity index is 2.40. The van der Waals surface area contributed by atoms with Gasteiger partial charge in [-0.25, -0.2) is 4.79 Å². The number of thiocarbonyl (C=S) groups is 1. The van der Waals surface area contributed by atoms with Gasteiger partial charge in [0.25, 0.3) is 0 Å². The van der Waals surface area contributed by atoms with E-state index in [0.29, 0.717) is 16.2 Å². The van der Waals surface area contributed by atoms with E-state index in [2.05, 4.69) is 6.58 Å². The van der Waals surface area contributed by atoms with E-state index in [0.717, 1.165) is 6.42 Å². The second-order valence-electron chi connectivity index (χ2n) is 3.21. The van der Waals surface area contributed by atoms with Crippen molar-refractivity contribution in [2.75, 3.05) is 6.61 Å². The summed E-state index contributed by atoms with van der Waals surface area (Å²) in [7, 11) is -1.11. The van der Waals surface area contributed by atoms with Gasteiger partial charge in [0.1, 0.15) is 6.61 Å². The highest BCUT2D eigenvalue weighted by Gasteiger charge is 2.28. The fraction of sp³-hybridized carbons (Fsp3) is 0.556. The van der Waals surface area contributed by atoms with Crippen LogP contribution in [0.4, 0.5) is 0 Å². The van der Waals surface area contributed by atoms with Gasteiger partial charge in [0.15, 0.2) is 0 Å². The molecule has 5 heteroatoms. The molecular formula is C9H12O3S2. The molecule has 2 unspecified atom stereocenters. The zero-order chi connectivity index (χ0) is 10.7. The maximum absolute atomic E-state index is 11.4. The van der Waals surface area contributed by atoms with E-state index in [-0.39, 0.29) is 11.9 Å². The van der Waals surface area contributed by atoms with Gasteiger partial charge in [-0.05, 0) is 19.8 Å². The minimum Gasteiger partial charge on any atom is -0.461 e. The van der Waals surface area contributed by atoms with Gasteiger partial charge >= 0.3 is 5.97 Å². The molecule has 0 spiro atoms. The molecule has 1 rings (SSSR count). The molecule has 0 aromatic carbocycles. The monoisotopic (exact) mass is 232 g/mol. The lowest BCUT2D eigenvalue weighted by Gasteiger charge is -2.08. The molecule has 1 heterocycles. The zero-order valence-corrected chi connectivity index (χ0v) is 9.58. The summed E-state index contributed by atoms with van der Waals surface area (Å²) in [6, 6.07) is 0. The number of ether oxygens (including phenoxy) is 1. The van der Waals surface area contributed by atoms with Crippen molar-refractivity contribution in [1.82, 2.24) is 0 Å². The Morgan fingerprint density at radius 1 is 1.79 bits per heavy atom. The first-order valence-corrected chi connectivity index (χ1v) is 5.90. The third-order valence-electron chi connectivity index (χ3n) is 1.95. The molecule has 78 valence electrons. The van der Waals surface area contributed by atoms with E-state index in [4.69, 9.17) is 17.0 Å². The lowest BCUT2D eigenvalue weighted by molar-refractivity contribution is -0.138. The summed E-state index contributed by atoms with van der Waals surface area (Å²) in [6.45, 7) is 5.22. The molecule has 0 amide bonds. The van der Waals surface area contributed by atoms with Gasteiger partial charge in [-0.15, -0.1) is 0 Å². The molecular weight excluding hydrogens is 220 g/mol. The van der Waals surface area contributed by atoms with E-state index >= 15 is 0 Å². The van der Waals surface area contributed by atoms with Gasteiger partial charge in [0, 0.05) is 5.57 Å². The lowest BCUT2D eigenvalue weighted by Crippen LogP contribution is -2.20. The Bertz CT molecular complexity index is 309. The molecule has 0 radical (unpaired) electrons. The largest absolute Gasteiger partial charge is 0.461 e. The van der Waals surface area contributed by atoms with Crippen LogP contribution in [-0.4, -0.2) is 26.2 Å². The summed E-state index contributed by atoms with van der Waals surface area (Å²) in [5, 5.41) is -0.120. The first kappa shape index (κ1) is 11.5. The minimum absolute atomic E-state index is 0.120. The fourth-order valence-corrected chi connectivity index (χ4v) is 2.85. The quantitative estimate of drug-likeness (QED) is 0.418. The van der Waals surface area contributed by atoms with E-state index in [1.54, 1.807) is 6.92 Å². The Morgan fingerprint density at radius 3 is 2.86 bits per heavy atom. The molecule has 1 aliphatic heterocycles. The smallest absolute Gasteiger partial charge is 0.333 e. The summed E-state index contributed by atoms with van der Waals surface area (Å²) < 4.78 is 16.9. The highest BCUT2D eigenvalue weighted by atomic mass is 32.2. The highest BCUT2D eigenvalue weighted by molar-refractivity contribution is 8.13. The average Bonchev–Trinajstić information content (AvgIpc) is 2.44. The molecule has 1 saturated heterocycles. The van der Waals surface area contributed by atoms with Crippen LogP contribution in [0.5, 0.6) is 0 Å². The Kier molecular flexibility index (Phi) is 3.95. The summed E-state index contributed by atoms with van der Waals surface area (Å²) in [5.41, 5.74) is 0.358. The van der Waals surface area contributed by atoms with Crippen molar-refractivity contribution in [1.29, 1.82) is 0 Å². The van der Waals surface area contributed by atoms with Crippen molar-refractivity contribution in [2.24, 2.45) is 0 Å². The number of hydrogen-bond acceptors (Lipinski definition) is 4. The Labute approximate surface area is 91.0 Å². The van der Waals surface area contributed by atoms with E-state index in [1.165, 1.54) is 0 Å². The van der Waals surface area contributed by atoms with Gasteiger partial charge in [0.2, 0.25) is 0 Å². The molecule has 1 fully saturated rings. The van der Waals surface area contributed by atoms with Crippen LogP contribution in [0.1, 0.15) is 19.8 Å². The van der Waals surface area contributed by atoms with E-state index < -0.39 is 16.8 Å². The van der Waals surface area contributed by atoms with Crippen LogP contribution >= 0.6 is 12.2 Å². The average molecular weight is 232 g/mol. The molecule has 0 saturated carbocycles. The van der Waals surface area contributed by atoms with Gasteiger partial charge in [-0.3, -0.25) is 4.21 Å². The molecule has 0 aliphatic carbocycles. The van der Waals surface area contributed by atoms with Crippen LogP contribution in [0.3, 0.4) is 0 Å². The van der Waals surface area contributed by atoms with Crippen molar-refractivity contribution >= 4 is 33.2 Å². The van der Waals surface area contributed by atoms with Crippen molar-refractivity contribution in [3.8, 4) is 0 Å². The third kappa shape index (κ3) is 2.72. The molecule has 2 atom stereocenters. The first-order valence-electron chi connectivity index (χ1n) is 4.28. The molecule has 0 aromatic heterocycles. The summed E-state index contributed by atoms with van der Waals surface area (Å²) in [4.78, 5) is 11.0. The minimum atomic E-state index is -1.11. The molecule has 3 nitrogen and oxygen atoms in total. The second-order valence-corrected chi connectivity index (χ2v) is 5.71. The maximum Gasteiger partial charge on any atom is 0.333 e. The van der Waals surface area contributed by atoms with Gasteiger partial charge in [-0.2, -0.15) is 0 Å². The number of carbonyl (C=O) groups excluding carboxylic acids is 1. The number of carbonyl (C=O) groups is 1. The third-order valence-corrected chi connectivity index (χ3v) is 4.27. The highest BCUT2D eigenvalue weighted by Crippen LogP contribution is 2.19. The van der Waals surface area contributed by atoms with E-state index in [9.17, 15) is 9.00 Å². The molecule has 0 N–H and O–H groups in total. The number of hydrogen-bond donors (Lipinski definition) is 0. The van der Waals surface area contributed by atoms with E-state index in [1.807, 2.05) is 0 Å². The fourth-order valence-electron chi connectivity index (χ4n) is 1.11. The first-order chi connectivity index (χ1) is 6.52. The van der Waals surface area contributed by atoms with Crippen molar-refractivity contribution < 1.29 is 13.7 Å². The lowest BCUT2D eigenvalue weighted by atomic mass is 10.3. The Morgan fingerprint density at radius 2 is 2.43 bits per heavy atom. The second kappa shape index (κ2) is 4.79. The SMILES string of the molecule is C=C(C)C(=O)OCC1CCC(=S)S1=O. The van der Waals surface area contributed by atoms with Crippen LogP contribution in [-0.2, 0) is 20.3 Å². The summed E-state index contributed by atoms with van der Waals surface area (Å²) in [6.07, 6.45) is 1.44.